The van der Waals surface area contributed by atoms with E-state index in [0.29, 0.717) is 10.9 Å². The quantitative estimate of drug-likeness (QED) is 0.602. The highest BCUT2D eigenvalue weighted by Crippen LogP contribution is 2.11. The molecular weight excluding hydrogens is 250 g/mol. The molecule has 1 heterocycles. The van der Waals surface area contributed by atoms with Crippen LogP contribution in [0.25, 0.3) is 0 Å². The third-order valence-electron chi connectivity index (χ3n) is 2.32. The SMILES string of the molecule is CCCN(CCC)C(=O)CSc1nccc(=O)[nH]1. The van der Waals surface area contributed by atoms with Gasteiger partial charge in [-0.05, 0) is 12.8 Å². The predicted octanol–water partition coefficient (Wildman–Crippen LogP) is 1.51. The lowest BCUT2D eigenvalue weighted by Gasteiger charge is -2.20. The van der Waals surface area contributed by atoms with Crippen LogP contribution in [0.2, 0.25) is 0 Å². The number of H-pyrrole nitrogens is 1. The molecule has 6 heteroatoms. The first kappa shape index (κ1) is 14.8. The minimum atomic E-state index is -0.195. The molecule has 0 unspecified atom stereocenters. The van der Waals surface area contributed by atoms with Crippen LogP contribution in [0.4, 0.5) is 0 Å². The van der Waals surface area contributed by atoms with Crippen LogP contribution < -0.4 is 5.56 Å². The summed E-state index contributed by atoms with van der Waals surface area (Å²) in [5.41, 5.74) is -0.195. The predicted molar refractivity (Wildman–Crippen MR) is 72.7 cm³/mol. The highest BCUT2D eigenvalue weighted by atomic mass is 32.2. The summed E-state index contributed by atoms with van der Waals surface area (Å²) >= 11 is 1.26. The Kier molecular flexibility index (Phi) is 6.49. The molecule has 1 aromatic rings. The summed E-state index contributed by atoms with van der Waals surface area (Å²) in [6, 6.07) is 1.35. The zero-order valence-corrected chi connectivity index (χ0v) is 11.6. The number of nitrogens with zero attached hydrogens (tertiary/aromatic N) is 2. The number of carbonyl (C=O) groups excluding carboxylic acids is 1. The minimum absolute atomic E-state index is 0.0928. The van der Waals surface area contributed by atoms with Crippen molar-refractivity contribution < 1.29 is 4.79 Å². The third kappa shape index (κ3) is 4.91. The fraction of sp³-hybridized carbons (Fsp3) is 0.583. The smallest absolute Gasteiger partial charge is 0.251 e. The van der Waals surface area contributed by atoms with Crippen LogP contribution in [0.3, 0.4) is 0 Å². The van der Waals surface area contributed by atoms with E-state index < -0.39 is 0 Å². The van der Waals surface area contributed by atoms with E-state index in [1.165, 1.54) is 24.0 Å². The van der Waals surface area contributed by atoms with Crippen molar-refractivity contribution >= 4 is 17.7 Å². The van der Waals surface area contributed by atoms with Crippen molar-refractivity contribution in [2.24, 2.45) is 0 Å². The van der Waals surface area contributed by atoms with Crippen LogP contribution in [-0.2, 0) is 4.79 Å². The molecule has 1 N–H and O–H groups in total. The lowest BCUT2D eigenvalue weighted by molar-refractivity contribution is -0.128. The number of aromatic amines is 1. The van der Waals surface area contributed by atoms with E-state index in [0.717, 1.165) is 25.9 Å². The summed E-state index contributed by atoms with van der Waals surface area (Å²) in [6.45, 7) is 5.68. The van der Waals surface area contributed by atoms with E-state index in [-0.39, 0.29) is 11.5 Å². The Morgan fingerprint density at radius 3 is 2.61 bits per heavy atom. The number of hydrogen-bond donors (Lipinski definition) is 1. The molecular formula is C12H19N3O2S. The molecule has 18 heavy (non-hydrogen) atoms. The average molecular weight is 269 g/mol. The van der Waals surface area contributed by atoms with Crippen LogP contribution in [0.5, 0.6) is 0 Å². The van der Waals surface area contributed by atoms with Gasteiger partial charge in [0.05, 0.1) is 5.75 Å². The van der Waals surface area contributed by atoms with Gasteiger partial charge in [-0.2, -0.15) is 0 Å². The Bertz CT molecular complexity index is 427. The molecule has 0 aliphatic rings. The molecule has 0 atom stereocenters. The lowest BCUT2D eigenvalue weighted by atomic mass is 10.3. The van der Waals surface area contributed by atoms with Crippen LogP contribution in [0, 0.1) is 0 Å². The lowest BCUT2D eigenvalue weighted by Crippen LogP contribution is -2.33. The standard InChI is InChI=1S/C12H19N3O2S/c1-3-7-15(8-4-2)11(17)9-18-12-13-6-5-10(16)14-12/h5-6H,3-4,7-9H2,1-2H3,(H,13,14,16). The van der Waals surface area contributed by atoms with Gasteiger partial charge in [-0.25, -0.2) is 4.98 Å². The van der Waals surface area contributed by atoms with Gasteiger partial charge in [-0.15, -0.1) is 0 Å². The van der Waals surface area contributed by atoms with E-state index in [1.807, 2.05) is 4.90 Å². The Labute approximate surface area is 111 Å². The largest absolute Gasteiger partial charge is 0.342 e. The van der Waals surface area contributed by atoms with Crippen molar-refractivity contribution in [3.8, 4) is 0 Å². The Hall–Kier alpha value is -1.30. The maximum Gasteiger partial charge on any atom is 0.251 e. The zero-order valence-electron chi connectivity index (χ0n) is 10.8. The molecule has 0 spiro atoms. The molecule has 0 bridgehead atoms. The first-order valence-corrected chi connectivity index (χ1v) is 7.11. The second-order valence-electron chi connectivity index (χ2n) is 3.91. The molecule has 0 fully saturated rings. The molecule has 1 amide bonds. The summed E-state index contributed by atoms with van der Waals surface area (Å²) in [5.74, 6) is 0.405. The van der Waals surface area contributed by atoms with E-state index in [4.69, 9.17) is 0 Å². The van der Waals surface area contributed by atoms with Gasteiger partial charge in [0, 0.05) is 25.4 Å². The van der Waals surface area contributed by atoms with Gasteiger partial charge in [0.25, 0.3) is 5.56 Å². The second kappa shape index (κ2) is 7.92. The number of carbonyl (C=O) groups is 1. The first-order valence-electron chi connectivity index (χ1n) is 6.13. The van der Waals surface area contributed by atoms with E-state index in [1.54, 1.807) is 0 Å². The van der Waals surface area contributed by atoms with Crippen LogP contribution in [0.1, 0.15) is 26.7 Å². The van der Waals surface area contributed by atoms with Gasteiger partial charge in [-0.1, -0.05) is 25.6 Å². The maximum atomic E-state index is 12.0. The topological polar surface area (TPSA) is 66.1 Å². The Morgan fingerprint density at radius 2 is 2.06 bits per heavy atom. The molecule has 1 aromatic heterocycles. The molecule has 0 aliphatic carbocycles. The number of aromatic nitrogens is 2. The summed E-state index contributed by atoms with van der Waals surface area (Å²) in [6.07, 6.45) is 3.36. The maximum absolute atomic E-state index is 12.0. The van der Waals surface area contributed by atoms with Crippen molar-refractivity contribution in [2.75, 3.05) is 18.8 Å². The molecule has 0 aromatic carbocycles. The normalized spacial score (nSPS) is 10.3. The third-order valence-corrected chi connectivity index (χ3v) is 3.19. The van der Waals surface area contributed by atoms with Gasteiger partial charge < -0.3 is 9.88 Å². The molecule has 0 saturated carbocycles. The summed E-state index contributed by atoms with van der Waals surface area (Å²) in [7, 11) is 0. The van der Waals surface area contributed by atoms with Crippen LogP contribution >= 0.6 is 11.8 Å². The van der Waals surface area contributed by atoms with Gasteiger partial charge in [0.15, 0.2) is 5.16 Å². The highest BCUT2D eigenvalue weighted by Gasteiger charge is 2.12. The first-order chi connectivity index (χ1) is 8.67. The summed E-state index contributed by atoms with van der Waals surface area (Å²) in [4.78, 5) is 31.5. The fourth-order valence-corrected chi connectivity index (χ4v) is 2.30. The molecule has 0 saturated heterocycles. The van der Waals surface area contributed by atoms with Crippen LogP contribution in [0.15, 0.2) is 22.2 Å². The second-order valence-corrected chi connectivity index (χ2v) is 4.87. The molecule has 100 valence electrons. The van der Waals surface area contributed by atoms with E-state index in [9.17, 15) is 9.59 Å². The summed E-state index contributed by atoms with van der Waals surface area (Å²) in [5, 5.41) is 0.490. The monoisotopic (exact) mass is 269 g/mol. The number of nitrogens with one attached hydrogen (secondary N) is 1. The van der Waals surface area contributed by atoms with Crippen molar-refractivity contribution in [3.63, 3.8) is 0 Å². The van der Waals surface area contributed by atoms with E-state index >= 15 is 0 Å². The zero-order chi connectivity index (χ0) is 13.4. The van der Waals surface area contributed by atoms with Crippen molar-refractivity contribution in [1.82, 2.24) is 14.9 Å². The van der Waals surface area contributed by atoms with Crippen molar-refractivity contribution in [2.45, 2.75) is 31.8 Å². The van der Waals surface area contributed by atoms with Crippen molar-refractivity contribution in [1.29, 1.82) is 0 Å². The Morgan fingerprint density at radius 1 is 1.39 bits per heavy atom. The van der Waals surface area contributed by atoms with Crippen molar-refractivity contribution in [3.05, 3.63) is 22.6 Å². The highest BCUT2D eigenvalue weighted by molar-refractivity contribution is 7.99. The Balaban J connectivity index is 2.50. The van der Waals surface area contributed by atoms with E-state index in [2.05, 4.69) is 23.8 Å². The van der Waals surface area contributed by atoms with Gasteiger partial charge in [0.2, 0.25) is 5.91 Å². The number of thioether (sulfide) groups is 1. The number of rotatable bonds is 7. The molecule has 0 radical (unpaired) electrons. The molecule has 0 aliphatic heterocycles. The molecule has 1 rings (SSSR count). The van der Waals surface area contributed by atoms with Gasteiger partial charge >= 0.3 is 0 Å². The van der Waals surface area contributed by atoms with Gasteiger partial charge in [-0.3, -0.25) is 9.59 Å². The average Bonchev–Trinajstić information content (AvgIpc) is 2.36. The van der Waals surface area contributed by atoms with Crippen LogP contribution in [-0.4, -0.2) is 39.6 Å². The number of amides is 1. The number of hydrogen-bond acceptors (Lipinski definition) is 4. The minimum Gasteiger partial charge on any atom is -0.342 e. The van der Waals surface area contributed by atoms with Gasteiger partial charge in [0.1, 0.15) is 0 Å². The summed E-state index contributed by atoms with van der Waals surface area (Å²) < 4.78 is 0. The molecule has 5 nitrogen and oxygen atoms in total. The fourth-order valence-electron chi connectivity index (χ4n) is 1.55.